The highest BCUT2D eigenvalue weighted by molar-refractivity contribution is 5.82. The molecule has 1 unspecified atom stereocenters. The molecule has 3 nitrogen and oxygen atoms in total. The van der Waals surface area contributed by atoms with Gasteiger partial charge >= 0.3 is 0 Å². The highest BCUT2D eigenvalue weighted by atomic mass is 16.2. The van der Waals surface area contributed by atoms with Crippen LogP contribution in [-0.4, -0.2) is 25.5 Å². The van der Waals surface area contributed by atoms with Gasteiger partial charge in [0, 0.05) is 12.0 Å². The molecule has 2 fully saturated rings. The van der Waals surface area contributed by atoms with E-state index in [0.29, 0.717) is 5.92 Å². The molecule has 1 saturated heterocycles. The van der Waals surface area contributed by atoms with E-state index in [4.69, 9.17) is 0 Å². The van der Waals surface area contributed by atoms with Crippen molar-refractivity contribution in [2.75, 3.05) is 19.6 Å². The number of carbonyl (C=O) groups is 1. The highest BCUT2D eigenvalue weighted by Crippen LogP contribution is 2.37. The van der Waals surface area contributed by atoms with Gasteiger partial charge in [-0.2, -0.15) is 0 Å². The van der Waals surface area contributed by atoms with E-state index in [1.807, 2.05) is 0 Å². The van der Waals surface area contributed by atoms with Gasteiger partial charge in [-0.25, -0.2) is 0 Å². The van der Waals surface area contributed by atoms with Crippen LogP contribution >= 0.6 is 0 Å². The van der Waals surface area contributed by atoms with Crippen LogP contribution in [0.15, 0.2) is 0 Å². The number of nitrogens with one attached hydrogen (secondary N) is 2. The molecule has 2 aliphatic rings. The molecular weight excluding hydrogens is 200 g/mol. The molecule has 1 aliphatic heterocycles. The lowest BCUT2D eigenvalue weighted by molar-refractivity contribution is -0.130. The van der Waals surface area contributed by atoms with Crippen LogP contribution in [0.2, 0.25) is 0 Å². The third kappa shape index (κ3) is 2.76. The van der Waals surface area contributed by atoms with Gasteiger partial charge in [0.2, 0.25) is 5.91 Å². The van der Waals surface area contributed by atoms with Crippen LogP contribution < -0.4 is 10.6 Å². The summed E-state index contributed by atoms with van der Waals surface area (Å²) in [6.45, 7) is 5.19. The van der Waals surface area contributed by atoms with Crippen LogP contribution in [0.4, 0.5) is 0 Å². The number of amides is 1. The first kappa shape index (κ1) is 11.9. The Labute approximate surface area is 98.4 Å². The van der Waals surface area contributed by atoms with Crippen LogP contribution in [-0.2, 0) is 4.79 Å². The predicted molar refractivity (Wildman–Crippen MR) is 65.2 cm³/mol. The monoisotopic (exact) mass is 224 g/mol. The maximum Gasteiger partial charge on any atom is 0.225 e. The van der Waals surface area contributed by atoms with Gasteiger partial charge in [0.25, 0.3) is 0 Å². The van der Waals surface area contributed by atoms with Gasteiger partial charge in [-0.3, -0.25) is 4.79 Å². The van der Waals surface area contributed by atoms with Crippen LogP contribution in [0.3, 0.4) is 0 Å². The van der Waals surface area contributed by atoms with Gasteiger partial charge in [-0.15, -0.1) is 0 Å². The minimum atomic E-state index is -0.0674. The van der Waals surface area contributed by atoms with Crippen molar-refractivity contribution in [2.24, 2.45) is 11.3 Å². The Morgan fingerprint density at radius 3 is 2.75 bits per heavy atom. The number of carbonyl (C=O) groups excluding carboxylic acids is 1. The second-order valence-corrected chi connectivity index (χ2v) is 5.69. The van der Waals surface area contributed by atoms with Crippen molar-refractivity contribution in [1.82, 2.24) is 10.6 Å². The molecule has 1 saturated carbocycles. The van der Waals surface area contributed by atoms with Crippen LogP contribution in [0, 0.1) is 11.3 Å². The second kappa shape index (κ2) is 5.17. The fraction of sp³-hybridized carbons (Fsp3) is 0.923. The fourth-order valence-corrected chi connectivity index (χ4v) is 2.93. The molecular formula is C13H24N2O. The lowest BCUT2D eigenvalue weighted by atomic mass is 9.87. The van der Waals surface area contributed by atoms with E-state index in [9.17, 15) is 4.79 Å². The van der Waals surface area contributed by atoms with E-state index in [1.54, 1.807) is 0 Å². The van der Waals surface area contributed by atoms with Gasteiger partial charge in [0.15, 0.2) is 0 Å². The Morgan fingerprint density at radius 1 is 1.38 bits per heavy atom. The zero-order chi connectivity index (χ0) is 11.4. The molecule has 0 aromatic heterocycles. The minimum Gasteiger partial charge on any atom is -0.355 e. The van der Waals surface area contributed by atoms with Crippen molar-refractivity contribution in [1.29, 1.82) is 0 Å². The first-order valence-electron chi connectivity index (χ1n) is 6.70. The Morgan fingerprint density at radius 2 is 2.12 bits per heavy atom. The number of piperidine rings is 1. The van der Waals surface area contributed by atoms with Gasteiger partial charge in [-0.05, 0) is 44.7 Å². The smallest absolute Gasteiger partial charge is 0.225 e. The average molecular weight is 224 g/mol. The zero-order valence-electron chi connectivity index (χ0n) is 10.3. The molecule has 2 rings (SSSR count). The first-order valence-corrected chi connectivity index (χ1v) is 6.70. The summed E-state index contributed by atoms with van der Waals surface area (Å²) in [5.41, 5.74) is -0.0674. The summed E-state index contributed by atoms with van der Waals surface area (Å²) in [4.78, 5) is 12.1. The predicted octanol–water partition coefficient (Wildman–Crippen LogP) is 1.68. The second-order valence-electron chi connectivity index (χ2n) is 5.69. The van der Waals surface area contributed by atoms with Gasteiger partial charge in [0.05, 0.1) is 0 Å². The summed E-state index contributed by atoms with van der Waals surface area (Å²) in [6, 6.07) is 0. The van der Waals surface area contributed by atoms with E-state index in [-0.39, 0.29) is 11.3 Å². The molecule has 1 aliphatic carbocycles. The number of hydrogen-bond acceptors (Lipinski definition) is 2. The third-order valence-corrected chi connectivity index (χ3v) is 4.21. The van der Waals surface area contributed by atoms with E-state index >= 15 is 0 Å². The Kier molecular flexibility index (Phi) is 3.85. The fourth-order valence-electron chi connectivity index (χ4n) is 2.93. The Hall–Kier alpha value is -0.570. The molecule has 16 heavy (non-hydrogen) atoms. The molecule has 0 spiro atoms. The van der Waals surface area contributed by atoms with Gasteiger partial charge in [0.1, 0.15) is 0 Å². The first-order chi connectivity index (χ1) is 7.71. The van der Waals surface area contributed by atoms with E-state index in [2.05, 4.69) is 17.6 Å². The van der Waals surface area contributed by atoms with Crippen molar-refractivity contribution >= 4 is 5.91 Å². The largest absolute Gasteiger partial charge is 0.355 e. The minimum absolute atomic E-state index is 0.0674. The molecule has 2 N–H and O–H groups in total. The van der Waals surface area contributed by atoms with E-state index in [0.717, 1.165) is 32.5 Å². The van der Waals surface area contributed by atoms with Crippen LogP contribution in [0.5, 0.6) is 0 Å². The third-order valence-electron chi connectivity index (χ3n) is 4.21. The molecule has 92 valence electrons. The molecule has 1 heterocycles. The van der Waals surface area contributed by atoms with Crippen molar-refractivity contribution in [2.45, 2.75) is 45.4 Å². The quantitative estimate of drug-likeness (QED) is 0.766. The summed E-state index contributed by atoms with van der Waals surface area (Å²) in [6.07, 6.45) is 7.08. The lowest BCUT2D eigenvalue weighted by Crippen LogP contribution is -2.42. The number of hydrogen-bond donors (Lipinski definition) is 2. The summed E-state index contributed by atoms with van der Waals surface area (Å²) >= 11 is 0. The normalized spacial score (nSPS) is 28.9. The summed E-state index contributed by atoms with van der Waals surface area (Å²) < 4.78 is 0. The Bertz CT molecular complexity index is 240. The lowest BCUT2D eigenvalue weighted by Gasteiger charge is -2.26. The average Bonchev–Trinajstić information content (AvgIpc) is 2.76. The van der Waals surface area contributed by atoms with Crippen molar-refractivity contribution in [3.8, 4) is 0 Å². The molecule has 0 radical (unpaired) electrons. The molecule has 1 atom stereocenters. The molecule has 0 bridgehead atoms. The SMILES string of the molecule is CC1(C(=O)NCC2CCCNC2)CCCC1. The van der Waals surface area contributed by atoms with Gasteiger partial charge < -0.3 is 10.6 Å². The molecule has 1 amide bonds. The summed E-state index contributed by atoms with van der Waals surface area (Å²) in [5.74, 6) is 0.929. The van der Waals surface area contributed by atoms with Crippen LogP contribution in [0.1, 0.15) is 45.4 Å². The topological polar surface area (TPSA) is 41.1 Å². The Balaban J connectivity index is 1.74. The van der Waals surface area contributed by atoms with Crippen molar-refractivity contribution in [3.05, 3.63) is 0 Å². The summed E-state index contributed by atoms with van der Waals surface area (Å²) in [7, 11) is 0. The molecule has 3 heteroatoms. The standard InChI is InChI=1S/C13H24N2O/c1-13(6-2-3-7-13)12(16)15-10-11-5-4-8-14-9-11/h11,14H,2-10H2,1H3,(H,15,16). The highest BCUT2D eigenvalue weighted by Gasteiger charge is 2.36. The molecule has 0 aromatic rings. The van der Waals surface area contributed by atoms with E-state index < -0.39 is 0 Å². The molecule has 0 aromatic carbocycles. The van der Waals surface area contributed by atoms with Crippen molar-refractivity contribution in [3.63, 3.8) is 0 Å². The summed E-state index contributed by atoms with van der Waals surface area (Å²) in [5, 5.41) is 6.54. The van der Waals surface area contributed by atoms with Gasteiger partial charge in [-0.1, -0.05) is 19.8 Å². The maximum absolute atomic E-state index is 12.1. The maximum atomic E-state index is 12.1. The zero-order valence-corrected chi connectivity index (χ0v) is 10.3. The number of rotatable bonds is 3. The van der Waals surface area contributed by atoms with Crippen molar-refractivity contribution < 1.29 is 4.79 Å². The van der Waals surface area contributed by atoms with E-state index in [1.165, 1.54) is 25.7 Å². The van der Waals surface area contributed by atoms with Crippen LogP contribution in [0.25, 0.3) is 0 Å².